The van der Waals surface area contributed by atoms with E-state index >= 15 is 0 Å². The fourth-order valence-electron chi connectivity index (χ4n) is 1.22. The predicted octanol–water partition coefficient (Wildman–Crippen LogP) is 0.639. The summed E-state index contributed by atoms with van der Waals surface area (Å²) in [6, 6.07) is 0.515. The molecule has 1 aliphatic heterocycles. The van der Waals surface area contributed by atoms with Crippen LogP contribution >= 0.6 is 0 Å². The van der Waals surface area contributed by atoms with Gasteiger partial charge in [0.15, 0.2) is 9.84 Å². The van der Waals surface area contributed by atoms with Gasteiger partial charge < -0.3 is 0 Å². The molecule has 1 rings (SSSR count). The lowest BCUT2D eigenvalue weighted by Gasteiger charge is -2.37. The highest BCUT2D eigenvalue weighted by atomic mass is 32.2. The minimum absolute atomic E-state index is 0.515. The van der Waals surface area contributed by atoms with E-state index < -0.39 is 9.84 Å². The number of hydrogen-bond donors (Lipinski definition) is 0. The van der Waals surface area contributed by atoms with Crippen molar-refractivity contribution in [1.82, 2.24) is 4.90 Å². The van der Waals surface area contributed by atoms with Gasteiger partial charge in [-0.05, 0) is 19.4 Å². The van der Waals surface area contributed by atoms with Gasteiger partial charge in [0, 0.05) is 30.8 Å². The van der Waals surface area contributed by atoms with Gasteiger partial charge in [0.1, 0.15) is 0 Å². The molecule has 0 aliphatic carbocycles. The zero-order chi connectivity index (χ0) is 9.35. The van der Waals surface area contributed by atoms with Gasteiger partial charge in [-0.15, -0.1) is 0 Å². The quantitative estimate of drug-likeness (QED) is 0.639. The fraction of sp³-hybridized carbons (Fsp3) is 0.750. The molecule has 3 nitrogen and oxygen atoms in total. The monoisotopic (exact) mass is 189 g/mol. The Balaban J connectivity index is 2.50. The largest absolute Gasteiger partial charge is 0.293 e. The van der Waals surface area contributed by atoms with Crippen LogP contribution in [0.25, 0.3) is 0 Å². The molecule has 0 atom stereocenters. The average Bonchev–Trinajstić information content (AvgIpc) is 1.74. The van der Waals surface area contributed by atoms with E-state index in [0.29, 0.717) is 6.04 Å². The van der Waals surface area contributed by atoms with Gasteiger partial charge in [-0.2, -0.15) is 0 Å². The van der Waals surface area contributed by atoms with Crippen LogP contribution in [0.1, 0.15) is 13.8 Å². The van der Waals surface area contributed by atoms with Crippen LogP contribution in [0.4, 0.5) is 0 Å². The Morgan fingerprint density at radius 2 is 1.92 bits per heavy atom. The van der Waals surface area contributed by atoms with Crippen molar-refractivity contribution >= 4 is 9.84 Å². The molecule has 4 heteroatoms. The number of rotatable bonds is 2. The SMILES string of the molecule is CC(C)N1CC(=CS(C)(=O)=O)C1. The summed E-state index contributed by atoms with van der Waals surface area (Å²) in [6.45, 7) is 5.84. The first kappa shape index (κ1) is 9.74. The smallest absolute Gasteiger partial charge is 0.168 e. The number of likely N-dealkylation sites (tertiary alicyclic amines) is 1. The van der Waals surface area contributed by atoms with Gasteiger partial charge >= 0.3 is 0 Å². The summed E-state index contributed by atoms with van der Waals surface area (Å²) in [5.74, 6) is 0. The molecule has 70 valence electrons. The van der Waals surface area contributed by atoms with Crippen LogP contribution in [0.15, 0.2) is 11.0 Å². The molecule has 0 aromatic carbocycles. The average molecular weight is 189 g/mol. The lowest BCUT2D eigenvalue weighted by Crippen LogP contribution is -2.44. The third kappa shape index (κ3) is 2.60. The van der Waals surface area contributed by atoms with Crippen LogP contribution in [-0.4, -0.2) is 38.7 Å². The van der Waals surface area contributed by atoms with Crippen LogP contribution in [0, 0.1) is 0 Å². The Hall–Kier alpha value is -0.350. The molecule has 1 saturated heterocycles. The maximum atomic E-state index is 10.8. The summed E-state index contributed by atoms with van der Waals surface area (Å²) in [4.78, 5) is 2.22. The molecule has 0 N–H and O–H groups in total. The highest BCUT2D eigenvalue weighted by molar-refractivity contribution is 7.93. The van der Waals surface area contributed by atoms with Crippen molar-refractivity contribution < 1.29 is 8.42 Å². The summed E-state index contributed by atoms with van der Waals surface area (Å²) >= 11 is 0. The van der Waals surface area contributed by atoms with E-state index in [1.54, 1.807) is 0 Å². The minimum Gasteiger partial charge on any atom is -0.293 e. The molecule has 0 unspecified atom stereocenters. The van der Waals surface area contributed by atoms with E-state index in [0.717, 1.165) is 18.7 Å². The zero-order valence-corrected chi connectivity index (χ0v) is 8.56. The minimum atomic E-state index is -2.92. The molecule has 0 saturated carbocycles. The van der Waals surface area contributed by atoms with Crippen molar-refractivity contribution in [1.29, 1.82) is 0 Å². The van der Waals surface area contributed by atoms with Crippen LogP contribution in [0.3, 0.4) is 0 Å². The second-order valence-electron chi connectivity index (χ2n) is 3.60. The van der Waals surface area contributed by atoms with Gasteiger partial charge in [0.25, 0.3) is 0 Å². The van der Waals surface area contributed by atoms with Gasteiger partial charge in [-0.1, -0.05) is 0 Å². The second-order valence-corrected chi connectivity index (χ2v) is 5.50. The van der Waals surface area contributed by atoms with E-state index in [4.69, 9.17) is 0 Å². The van der Waals surface area contributed by atoms with E-state index in [1.165, 1.54) is 11.7 Å². The first-order valence-electron chi connectivity index (χ1n) is 4.02. The normalized spacial score (nSPS) is 19.5. The zero-order valence-electron chi connectivity index (χ0n) is 7.74. The molecule has 0 bridgehead atoms. The van der Waals surface area contributed by atoms with Gasteiger partial charge in [-0.3, -0.25) is 4.90 Å². The lowest BCUT2D eigenvalue weighted by molar-refractivity contribution is 0.199. The number of nitrogens with zero attached hydrogens (tertiary/aromatic N) is 1. The Morgan fingerprint density at radius 3 is 2.25 bits per heavy atom. The molecule has 0 amide bonds. The molecule has 0 spiro atoms. The predicted molar refractivity (Wildman–Crippen MR) is 49.6 cm³/mol. The molecule has 0 aromatic rings. The first-order chi connectivity index (χ1) is 5.38. The summed E-state index contributed by atoms with van der Waals surface area (Å²) in [5, 5.41) is 1.38. The standard InChI is InChI=1S/C8H15NO2S/c1-7(2)9-4-8(5-9)6-12(3,10)11/h6-7H,4-5H2,1-3H3. The highest BCUT2D eigenvalue weighted by Crippen LogP contribution is 2.17. The third-order valence-electron chi connectivity index (χ3n) is 1.92. The van der Waals surface area contributed by atoms with Crippen LogP contribution in [-0.2, 0) is 9.84 Å². The van der Waals surface area contributed by atoms with Crippen molar-refractivity contribution in [2.24, 2.45) is 0 Å². The van der Waals surface area contributed by atoms with Crippen molar-refractivity contribution in [3.8, 4) is 0 Å². The van der Waals surface area contributed by atoms with Crippen molar-refractivity contribution in [3.63, 3.8) is 0 Å². The molecule has 1 aliphatic rings. The van der Waals surface area contributed by atoms with Crippen LogP contribution < -0.4 is 0 Å². The van der Waals surface area contributed by atoms with Crippen LogP contribution in [0.5, 0.6) is 0 Å². The van der Waals surface area contributed by atoms with Crippen molar-refractivity contribution in [2.45, 2.75) is 19.9 Å². The summed E-state index contributed by atoms with van der Waals surface area (Å²) in [7, 11) is -2.92. The van der Waals surface area contributed by atoms with Gasteiger partial charge in [0.05, 0.1) is 0 Å². The highest BCUT2D eigenvalue weighted by Gasteiger charge is 2.23. The van der Waals surface area contributed by atoms with E-state index in [-0.39, 0.29) is 0 Å². The van der Waals surface area contributed by atoms with Crippen molar-refractivity contribution in [2.75, 3.05) is 19.3 Å². The first-order valence-corrected chi connectivity index (χ1v) is 5.97. The van der Waals surface area contributed by atoms with Crippen molar-refractivity contribution in [3.05, 3.63) is 11.0 Å². The Labute approximate surface area is 74.0 Å². The maximum Gasteiger partial charge on any atom is 0.168 e. The summed E-state index contributed by atoms with van der Waals surface area (Å²) in [5.41, 5.74) is 1.02. The second kappa shape index (κ2) is 3.18. The van der Waals surface area contributed by atoms with E-state index in [9.17, 15) is 8.42 Å². The van der Waals surface area contributed by atoms with E-state index in [2.05, 4.69) is 18.7 Å². The van der Waals surface area contributed by atoms with E-state index in [1.807, 2.05) is 0 Å². The molecule has 0 aromatic heterocycles. The van der Waals surface area contributed by atoms with Crippen LogP contribution in [0.2, 0.25) is 0 Å². The molecule has 12 heavy (non-hydrogen) atoms. The maximum absolute atomic E-state index is 10.8. The Bertz CT molecular complexity index is 282. The molecule has 1 heterocycles. The topological polar surface area (TPSA) is 37.4 Å². The third-order valence-corrected chi connectivity index (χ3v) is 2.68. The van der Waals surface area contributed by atoms with Gasteiger partial charge in [0.2, 0.25) is 0 Å². The summed E-state index contributed by atoms with van der Waals surface area (Å²) in [6.07, 6.45) is 1.23. The molecule has 1 fully saturated rings. The summed E-state index contributed by atoms with van der Waals surface area (Å²) < 4.78 is 21.6. The number of sulfone groups is 1. The molecule has 0 radical (unpaired) electrons. The number of hydrogen-bond acceptors (Lipinski definition) is 3. The fourth-order valence-corrected chi connectivity index (χ4v) is 1.97. The molecular weight excluding hydrogens is 174 g/mol. The molecular formula is C8H15NO2S. The lowest BCUT2D eigenvalue weighted by atomic mass is 10.1. The Kier molecular flexibility index (Phi) is 2.58. The van der Waals surface area contributed by atoms with Gasteiger partial charge in [-0.25, -0.2) is 8.42 Å². The Morgan fingerprint density at radius 1 is 1.42 bits per heavy atom.